The van der Waals surface area contributed by atoms with Crippen LogP contribution in [0.2, 0.25) is 0 Å². The number of carbonyl (C=O) groups is 1. The van der Waals surface area contributed by atoms with Crippen molar-refractivity contribution in [1.29, 1.82) is 0 Å². The molecule has 0 amide bonds. The molecule has 0 atom stereocenters. The highest BCUT2D eigenvalue weighted by molar-refractivity contribution is 7.14. The number of nitrogen functional groups attached to an aromatic ring is 1. The van der Waals surface area contributed by atoms with Crippen LogP contribution < -0.4 is 10.5 Å². The summed E-state index contributed by atoms with van der Waals surface area (Å²) in [6, 6.07) is 7.33. The largest absolute Gasteiger partial charge is 0.491 e. The van der Waals surface area contributed by atoms with Gasteiger partial charge in [-0.25, -0.2) is 4.79 Å². The van der Waals surface area contributed by atoms with Gasteiger partial charge in [-0.05, 0) is 31.5 Å². The SMILES string of the molecule is CC(C)Oc1ccc(-c2csc(N)c2C(=O)O)cc1. The fraction of sp³-hybridized carbons (Fsp3) is 0.214. The van der Waals surface area contributed by atoms with Gasteiger partial charge in [0.25, 0.3) is 0 Å². The van der Waals surface area contributed by atoms with Crippen LogP contribution in [0.3, 0.4) is 0 Å². The number of hydrogen-bond donors (Lipinski definition) is 2. The summed E-state index contributed by atoms with van der Waals surface area (Å²) in [6.45, 7) is 3.91. The number of rotatable bonds is 4. The average Bonchev–Trinajstić information content (AvgIpc) is 2.71. The first-order chi connectivity index (χ1) is 8.99. The van der Waals surface area contributed by atoms with Crippen LogP contribution >= 0.6 is 11.3 Å². The minimum Gasteiger partial charge on any atom is -0.491 e. The van der Waals surface area contributed by atoms with E-state index in [1.54, 1.807) is 5.38 Å². The second-order valence-electron chi connectivity index (χ2n) is 4.38. The van der Waals surface area contributed by atoms with Crippen molar-refractivity contribution in [2.75, 3.05) is 5.73 Å². The Balaban J connectivity index is 2.35. The Kier molecular flexibility index (Phi) is 3.76. The van der Waals surface area contributed by atoms with E-state index in [1.165, 1.54) is 11.3 Å². The highest BCUT2D eigenvalue weighted by Gasteiger charge is 2.17. The number of benzene rings is 1. The number of carboxylic acid groups (broad SMARTS) is 1. The fourth-order valence-corrected chi connectivity index (χ4v) is 2.61. The summed E-state index contributed by atoms with van der Waals surface area (Å²) < 4.78 is 5.55. The molecule has 19 heavy (non-hydrogen) atoms. The van der Waals surface area contributed by atoms with Crippen molar-refractivity contribution < 1.29 is 14.6 Å². The molecule has 0 saturated heterocycles. The predicted molar refractivity (Wildman–Crippen MR) is 76.9 cm³/mol. The zero-order valence-electron chi connectivity index (χ0n) is 10.7. The lowest BCUT2D eigenvalue weighted by atomic mass is 10.0. The van der Waals surface area contributed by atoms with Crippen LogP contribution in [-0.2, 0) is 0 Å². The van der Waals surface area contributed by atoms with Crippen LogP contribution in [0.1, 0.15) is 24.2 Å². The lowest BCUT2D eigenvalue weighted by molar-refractivity contribution is 0.0699. The van der Waals surface area contributed by atoms with Crippen molar-refractivity contribution in [2.24, 2.45) is 0 Å². The molecule has 1 aromatic heterocycles. The molecule has 0 spiro atoms. The summed E-state index contributed by atoms with van der Waals surface area (Å²) in [5, 5.41) is 11.3. The molecular weight excluding hydrogens is 262 g/mol. The van der Waals surface area contributed by atoms with E-state index in [-0.39, 0.29) is 11.7 Å². The van der Waals surface area contributed by atoms with E-state index in [2.05, 4.69) is 0 Å². The Morgan fingerprint density at radius 2 is 1.95 bits per heavy atom. The smallest absolute Gasteiger partial charge is 0.339 e. The summed E-state index contributed by atoms with van der Waals surface area (Å²) in [4.78, 5) is 11.2. The van der Waals surface area contributed by atoms with Gasteiger partial charge in [-0.3, -0.25) is 0 Å². The third kappa shape index (κ3) is 2.88. The standard InChI is InChI=1S/C14H15NO3S/c1-8(2)18-10-5-3-9(4-6-10)11-7-19-13(15)12(11)14(16)17/h3-8H,15H2,1-2H3,(H,16,17). The van der Waals surface area contributed by atoms with Gasteiger partial charge in [-0.15, -0.1) is 11.3 Å². The first-order valence-electron chi connectivity index (χ1n) is 5.86. The van der Waals surface area contributed by atoms with Crippen LogP contribution in [0.5, 0.6) is 5.75 Å². The lowest BCUT2D eigenvalue weighted by Gasteiger charge is -2.10. The molecule has 1 heterocycles. The first kappa shape index (κ1) is 13.4. The minimum atomic E-state index is -1.00. The van der Waals surface area contributed by atoms with Crippen molar-refractivity contribution in [3.05, 3.63) is 35.2 Å². The number of ether oxygens (including phenoxy) is 1. The zero-order valence-corrected chi connectivity index (χ0v) is 11.5. The summed E-state index contributed by atoms with van der Waals surface area (Å²) in [5.74, 6) is -0.241. The Bertz CT molecular complexity index is 587. The van der Waals surface area contributed by atoms with Crippen LogP contribution in [-0.4, -0.2) is 17.2 Å². The van der Waals surface area contributed by atoms with Gasteiger partial charge >= 0.3 is 5.97 Å². The predicted octanol–water partition coefficient (Wildman–Crippen LogP) is 3.48. The molecule has 4 nitrogen and oxygen atoms in total. The van der Waals surface area contributed by atoms with E-state index in [1.807, 2.05) is 38.1 Å². The molecule has 0 fully saturated rings. The third-order valence-corrected chi connectivity index (χ3v) is 3.38. The molecule has 0 bridgehead atoms. The second-order valence-corrected chi connectivity index (χ2v) is 5.30. The van der Waals surface area contributed by atoms with Crippen LogP contribution in [0, 0.1) is 0 Å². The van der Waals surface area contributed by atoms with E-state index in [4.69, 9.17) is 10.5 Å². The van der Waals surface area contributed by atoms with E-state index in [9.17, 15) is 9.90 Å². The molecule has 0 aliphatic heterocycles. The van der Waals surface area contributed by atoms with Crippen LogP contribution in [0.25, 0.3) is 11.1 Å². The maximum atomic E-state index is 11.2. The number of aromatic carboxylic acids is 1. The maximum absolute atomic E-state index is 11.2. The van der Waals surface area contributed by atoms with Crippen molar-refractivity contribution in [3.8, 4) is 16.9 Å². The molecule has 0 saturated carbocycles. The molecule has 0 aliphatic rings. The second kappa shape index (κ2) is 5.32. The van der Waals surface area contributed by atoms with Crippen LogP contribution in [0.15, 0.2) is 29.6 Å². The molecular formula is C14H15NO3S. The molecule has 5 heteroatoms. The van der Waals surface area contributed by atoms with Gasteiger partial charge in [0, 0.05) is 10.9 Å². The van der Waals surface area contributed by atoms with E-state index >= 15 is 0 Å². The van der Waals surface area contributed by atoms with Gasteiger partial charge in [-0.1, -0.05) is 12.1 Å². The summed E-state index contributed by atoms with van der Waals surface area (Å²) in [7, 11) is 0. The summed E-state index contributed by atoms with van der Waals surface area (Å²) in [5.41, 5.74) is 7.32. The Morgan fingerprint density at radius 3 is 2.47 bits per heavy atom. The number of anilines is 1. The molecule has 100 valence electrons. The molecule has 3 N–H and O–H groups in total. The van der Waals surface area contributed by atoms with Crippen molar-refractivity contribution >= 4 is 22.3 Å². The molecule has 2 rings (SSSR count). The van der Waals surface area contributed by atoms with Gasteiger partial charge in [0.1, 0.15) is 16.3 Å². The number of carboxylic acids is 1. The van der Waals surface area contributed by atoms with Gasteiger partial charge in [0.05, 0.1) is 6.10 Å². The van der Waals surface area contributed by atoms with E-state index in [0.717, 1.165) is 11.3 Å². The zero-order chi connectivity index (χ0) is 14.0. The van der Waals surface area contributed by atoms with Crippen molar-refractivity contribution in [3.63, 3.8) is 0 Å². The van der Waals surface area contributed by atoms with Gasteiger partial charge in [0.2, 0.25) is 0 Å². The Morgan fingerprint density at radius 1 is 1.32 bits per heavy atom. The average molecular weight is 277 g/mol. The van der Waals surface area contributed by atoms with Crippen LogP contribution in [0.4, 0.5) is 5.00 Å². The topological polar surface area (TPSA) is 72.5 Å². The Hall–Kier alpha value is -2.01. The van der Waals surface area contributed by atoms with Gasteiger partial charge < -0.3 is 15.6 Å². The third-order valence-electron chi connectivity index (χ3n) is 2.57. The maximum Gasteiger partial charge on any atom is 0.339 e. The van der Waals surface area contributed by atoms with E-state index in [0.29, 0.717) is 10.6 Å². The molecule has 0 radical (unpaired) electrons. The summed E-state index contributed by atoms with van der Waals surface area (Å²) in [6.07, 6.45) is 0.109. The van der Waals surface area contributed by atoms with E-state index < -0.39 is 5.97 Å². The monoisotopic (exact) mass is 277 g/mol. The van der Waals surface area contributed by atoms with Crippen molar-refractivity contribution in [2.45, 2.75) is 20.0 Å². The lowest BCUT2D eigenvalue weighted by Crippen LogP contribution is -2.05. The normalized spacial score (nSPS) is 10.7. The number of thiophene rings is 1. The Labute approximate surface area is 115 Å². The summed E-state index contributed by atoms with van der Waals surface area (Å²) >= 11 is 1.23. The first-order valence-corrected chi connectivity index (χ1v) is 6.74. The number of hydrogen-bond acceptors (Lipinski definition) is 4. The van der Waals surface area contributed by atoms with Gasteiger partial charge in [0.15, 0.2) is 0 Å². The minimum absolute atomic E-state index is 0.109. The highest BCUT2D eigenvalue weighted by Crippen LogP contribution is 2.34. The molecule has 0 aliphatic carbocycles. The molecule has 1 aromatic carbocycles. The molecule has 2 aromatic rings. The quantitative estimate of drug-likeness (QED) is 0.897. The molecule has 0 unspecified atom stereocenters. The van der Waals surface area contributed by atoms with Crippen molar-refractivity contribution in [1.82, 2.24) is 0 Å². The highest BCUT2D eigenvalue weighted by atomic mass is 32.1. The van der Waals surface area contributed by atoms with Gasteiger partial charge in [-0.2, -0.15) is 0 Å². The number of nitrogens with two attached hydrogens (primary N) is 1. The fourth-order valence-electron chi connectivity index (χ4n) is 1.79.